The summed E-state index contributed by atoms with van der Waals surface area (Å²) in [5.41, 5.74) is 3.73. The molecule has 1 amide bonds. The maximum Gasteiger partial charge on any atom is 0.414 e. The van der Waals surface area contributed by atoms with Crippen LogP contribution >= 0.6 is 0 Å². The third-order valence-electron chi connectivity index (χ3n) is 4.19. The molecule has 138 valence electrons. The monoisotopic (exact) mass is 374 g/mol. The van der Waals surface area contributed by atoms with E-state index < -0.39 is 22.2 Å². The zero-order chi connectivity index (χ0) is 18.9. The maximum atomic E-state index is 12.4. The Morgan fingerprint density at radius 1 is 1.08 bits per heavy atom. The number of nitrogens with one attached hydrogen (secondary N) is 1. The first-order valence-corrected chi connectivity index (χ1v) is 9.86. The molecule has 7 heteroatoms. The molecular weight excluding hydrogens is 352 g/mol. The molecule has 0 aromatic heterocycles. The number of cyclic esters (lactones) is 1. The van der Waals surface area contributed by atoms with Crippen molar-refractivity contribution in [1.82, 2.24) is 4.72 Å². The molecule has 2 aromatic rings. The second-order valence-electron chi connectivity index (χ2n) is 6.63. The van der Waals surface area contributed by atoms with Crippen LogP contribution in [0.2, 0.25) is 0 Å². The van der Waals surface area contributed by atoms with Crippen LogP contribution in [0.5, 0.6) is 0 Å². The summed E-state index contributed by atoms with van der Waals surface area (Å²) in [6, 6.07) is 12.5. The van der Waals surface area contributed by atoms with Crippen molar-refractivity contribution < 1.29 is 17.9 Å². The molecule has 1 fully saturated rings. The van der Waals surface area contributed by atoms with Gasteiger partial charge in [-0.15, -0.1) is 0 Å². The Kier molecular flexibility index (Phi) is 5.02. The Bertz CT molecular complexity index is 920. The molecule has 1 aliphatic heterocycles. The van der Waals surface area contributed by atoms with E-state index >= 15 is 0 Å². The van der Waals surface area contributed by atoms with Crippen molar-refractivity contribution in [3.63, 3.8) is 0 Å². The molecule has 0 saturated carbocycles. The Balaban J connectivity index is 1.68. The van der Waals surface area contributed by atoms with Gasteiger partial charge in [-0.05, 0) is 61.7 Å². The summed E-state index contributed by atoms with van der Waals surface area (Å²) in [6.07, 6.45) is -1.00. The number of anilines is 1. The molecule has 0 bridgehead atoms. The molecule has 2 aromatic carbocycles. The molecular formula is C19H22N2O4S. The summed E-state index contributed by atoms with van der Waals surface area (Å²) >= 11 is 0. The Morgan fingerprint density at radius 2 is 1.77 bits per heavy atom. The molecule has 1 aliphatic rings. The van der Waals surface area contributed by atoms with E-state index in [-0.39, 0.29) is 11.4 Å². The lowest BCUT2D eigenvalue weighted by Gasteiger charge is -2.15. The van der Waals surface area contributed by atoms with Gasteiger partial charge in [-0.2, -0.15) is 0 Å². The summed E-state index contributed by atoms with van der Waals surface area (Å²) in [6.45, 7) is 6.09. The molecule has 3 rings (SSSR count). The third-order valence-corrected chi connectivity index (χ3v) is 5.61. The van der Waals surface area contributed by atoms with E-state index in [1.807, 2.05) is 45.0 Å². The number of ether oxygens (including phenoxy) is 1. The van der Waals surface area contributed by atoms with Crippen LogP contribution in [-0.2, 0) is 14.8 Å². The van der Waals surface area contributed by atoms with Crippen LogP contribution in [0.1, 0.15) is 16.7 Å². The average Bonchev–Trinajstić information content (AvgIpc) is 2.93. The van der Waals surface area contributed by atoms with Gasteiger partial charge in [-0.1, -0.05) is 18.2 Å². The van der Waals surface area contributed by atoms with Crippen molar-refractivity contribution in [2.75, 3.05) is 18.0 Å². The number of amides is 1. The summed E-state index contributed by atoms with van der Waals surface area (Å²) in [7, 11) is -3.64. The summed E-state index contributed by atoms with van der Waals surface area (Å²) in [5, 5.41) is 0. The van der Waals surface area contributed by atoms with Crippen molar-refractivity contribution in [2.45, 2.75) is 31.8 Å². The highest BCUT2D eigenvalue weighted by molar-refractivity contribution is 7.89. The minimum Gasteiger partial charge on any atom is -0.443 e. The van der Waals surface area contributed by atoms with Crippen LogP contribution in [0, 0.1) is 20.8 Å². The molecule has 1 N–H and O–H groups in total. The number of hydrogen-bond donors (Lipinski definition) is 1. The van der Waals surface area contributed by atoms with Gasteiger partial charge >= 0.3 is 6.09 Å². The molecule has 1 heterocycles. The minimum atomic E-state index is -3.64. The topological polar surface area (TPSA) is 75.7 Å². The van der Waals surface area contributed by atoms with Crippen molar-refractivity contribution >= 4 is 21.8 Å². The lowest BCUT2D eigenvalue weighted by Crippen LogP contribution is -2.34. The SMILES string of the molecule is Cc1cc(C)cc(N2CC(CNS(=O)(=O)c3cccc(C)c3)OC2=O)c1. The Morgan fingerprint density at radius 3 is 2.42 bits per heavy atom. The van der Waals surface area contributed by atoms with Crippen molar-refractivity contribution in [3.8, 4) is 0 Å². The number of carbonyl (C=O) groups is 1. The van der Waals surface area contributed by atoms with Gasteiger partial charge in [0.1, 0.15) is 6.10 Å². The van der Waals surface area contributed by atoms with Gasteiger partial charge in [0.15, 0.2) is 0 Å². The van der Waals surface area contributed by atoms with Crippen molar-refractivity contribution in [3.05, 3.63) is 59.2 Å². The largest absolute Gasteiger partial charge is 0.443 e. The second-order valence-corrected chi connectivity index (χ2v) is 8.40. The second kappa shape index (κ2) is 7.09. The van der Waals surface area contributed by atoms with Gasteiger partial charge in [-0.25, -0.2) is 17.9 Å². The van der Waals surface area contributed by atoms with Gasteiger partial charge in [-0.3, -0.25) is 4.90 Å². The third kappa shape index (κ3) is 4.05. The van der Waals surface area contributed by atoms with Crippen LogP contribution in [0.4, 0.5) is 10.5 Å². The Labute approximate surface area is 153 Å². The summed E-state index contributed by atoms with van der Waals surface area (Å²) in [5.74, 6) is 0. The first kappa shape index (κ1) is 18.4. The number of benzene rings is 2. The van der Waals surface area contributed by atoms with Gasteiger partial charge < -0.3 is 4.74 Å². The summed E-state index contributed by atoms with van der Waals surface area (Å²) < 4.78 is 32.6. The van der Waals surface area contributed by atoms with Gasteiger partial charge in [0.05, 0.1) is 11.4 Å². The molecule has 1 unspecified atom stereocenters. The number of sulfonamides is 1. The summed E-state index contributed by atoms with van der Waals surface area (Å²) in [4.78, 5) is 13.9. The Hall–Kier alpha value is -2.38. The highest BCUT2D eigenvalue weighted by atomic mass is 32.2. The minimum absolute atomic E-state index is 0.0311. The smallest absolute Gasteiger partial charge is 0.414 e. The molecule has 0 radical (unpaired) electrons. The van der Waals surface area contributed by atoms with Crippen LogP contribution in [0.3, 0.4) is 0 Å². The van der Waals surface area contributed by atoms with Gasteiger partial charge in [0.2, 0.25) is 10.0 Å². The van der Waals surface area contributed by atoms with E-state index in [0.29, 0.717) is 6.54 Å². The van der Waals surface area contributed by atoms with E-state index in [9.17, 15) is 13.2 Å². The van der Waals surface area contributed by atoms with Crippen molar-refractivity contribution in [2.24, 2.45) is 0 Å². The highest BCUT2D eigenvalue weighted by Crippen LogP contribution is 2.24. The first-order chi connectivity index (χ1) is 12.2. The first-order valence-electron chi connectivity index (χ1n) is 8.37. The van der Waals surface area contributed by atoms with Crippen LogP contribution in [0.25, 0.3) is 0 Å². The normalized spacial score (nSPS) is 17.4. The lowest BCUT2D eigenvalue weighted by molar-refractivity contribution is 0.143. The fourth-order valence-electron chi connectivity index (χ4n) is 3.01. The van der Waals surface area contributed by atoms with Gasteiger partial charge in [0.25, 0.3) is 0 Å². The van der Waals surface area contributed by atoms with Crippen LogP contribution in [-0.4, -0.2) is 33.7 Å². The van der Waals surface area contributed by atoms with E-state index in [1.165, 1.54) is 11.0 Å². The van der Waals surface area contributed by atoms with Crippen LogP contribution < -0.4 is 9.62 Å². The zero-order valence-electron chi connectivity index (χ0n) is 15.0. The van der Waals surface area contributed by atoms with E-state index in [0.717, 1.165) is 22.4 Å². The highest BCUT2D eigenvalue weighted by Gasteiger charge is 2.33. The zero-order valence-corrected chi connectivity index (χ0v) is 15.8. The number of hydrogen-bond acceptors (Lipinski definition) is 4. The molecule has 26 heavy (non-hydrogen) atoms. The molecule has 1 atom stereocenters. The van der Waals surface area contributed by atoms with Gasteiger partial charge in [0, 0.05) is 12.2 Å². The fraction of sp³-hybridized carbons (Fsp3) is 0.316. The molecule has 6 nitrogen and oxygen atoms in total. The van der Waals surface area contributed by atoms with E-state index in [2.05, 4.69) is 4.72 Å². The average molecular weight is 374 g/mol. The number of aryl methyl sites for hydroxylation is 3. The molecule has 0 aliphatic carbocycles. The van der Waals surface area contributed by atoms with E-state index in [1.54, 1.807) is 12.1 Å². The van der Waals surface area contributed by atoms with E-state index in [4.69, 9.17) is 4.74 Å². The predicted octanol–water partition coefficient (Wildman–Crippen LogP) is 2.92. The van der Waals surface area contributed by atoms with Crippen LogP contribution in [0.15, 0.2) is 47.4 Å². The van der Waals surface area contributed by atoms with Crippen molar-refractivity contribution in [1.29, 1.82) is 0 Å². The predicted molar refractivity (Wildman–Crippen MR) is 99.9 cm³/mol. The molecule has 1 saturated heterocycles. The fourth-order valence-corrected chi connectivity index (χ4v) is 4.18. The number of carbonyl (C=O) groups excluding carboxylic acids is 1. The number of rotatable bonds is 5. The lowest BCUT2D eigenvalue weighted by atomic mass is 10.1. The molecule has 0 spiro atoms. The maximum absolute atomic E-state index is 12.4. The number of nitrogens with zero attached hydrogens (tertiary/aromatic N) is 1. The quantitative estimate of drug-likeness (QED) is 0.873. The standard InChI is InChI=1S/C19H22N2O4S/c1-13-5-4-6-18(10-13)26(23,24)20-11-17-12-21(19(22)25-17)16-8-14(2)7-15(3)9-16/h4-10,17,20H,11-12H2,1-3H3.